The molecule has 0 unspecified atom stereocenters. The van der Waals surface area contributed by atoms with Crippen molar-refractivity contribution in [2.75, 3.05) is 0 Å². The van der Waals surface area contributed by atoms with Gasteiger partial charge in [-0.15, -0.1) is 0 Å². The average molecular weight is 395 g/mol. The minimum atomic E-state index is -5.82. The van der Waals surface area contributed by atoms with Gasteiger partial charge in [-0.1, -0.05) is 29.9 Å². The first kappa shape index (κ1) is 17.7. The first-order valence-electron chi connectivity index (χ1n) is 6.73. The largest absolute Gasteiger partial charge is 0.461 e. The fourth-order valence-corrected chi connectivity index (χ4v) is 2.79. The Hall–Kier alpha value is -2.07. The van der Waals surface area contributed by atoms with Crippen molar-refractivity contribution in [1.82, 2.24) is 19.7 Å². The molecule has 0 saturated heterocycles. The van der Waals surface area contributed by atoms with Gasteiger partial charge in [0, 0.05) is 5.02 Å². The molecule has 0 atom stereocenters. The highest BCUT2D eigenvalue weighted by atomic mass is 35.5. The Balaban J connectivity index is 2.34. The van der Waals surface area contributed by atoms with Crippen molar-refractivity contribution in [3.8, 4) is 5.69 Å². The van der Waals surface area contributed by atoms with Crippen LogP contribution in [0.4, 0.5) is 22.0 Å². The van der Waals surface area contributed by atoms with Crippen LogP contribution in [0.15, 0.2) is 24.3 Å². The number of nitrogens with zero attached hydrogens (tertiary/aromatic N) is 3. The molecule has 132 valence electrons. The molecule has 0 amide bonds. The number of hydrogen-bond donors (Lipinski definition) is 1. The molecule has 0 spiro atoms. The molecule has 0 bridgehead atoms. The van der Waals surface area contributed by atoms with Crippen LogP contribution in [-0.2, 0) is 5.92 Å². The fraction of sp³-hybridized carbons (Fsp3) is 0.214. The standard InChI is InChI=1S/C14H8ClF5N4S/c1-6-9-10(24(23-6)8-4-2-3-7(15)5-8)21-12(22-11(9)25)13(16,17)14(18,19)20/h2-5H,1H3,(H,21,22,25). The Bertz CT molecular complexity index is 1020. The molecule has 0 aliphatic heterocycles. The molecule has 1 aromatic carbocycles. The quantitative estimate of drug-likeness (QED) is 0.486. The lowest BCUT2D eigenvalue weighted by atomic mass is 10.2. The minimum Gasteiger partial charge on any atom is -0.322 e. The Labute approximate surface area is 147 Å². The van der Waals surface area contributed by atoms with E-state index in [-0.39, 0.29) is 11.0 Å². The van der Waals surface area contributed by atoms with Gasteiger partial charge in [-0.3, -0.25) is 0 Å². The Kier molecular flexibility index (Phi) is 4.07. The summed E-state index contributed by atoms with van der Waals surface area (Å²) in [5, 5.41) is 4.66. The maximum atomic E-state index is 13.7. The molecule has 2 heterocycles. The zero-order chi connectivity index (χ0) is 18.6. The molecular weight excluding hydrogens is 387 g/mol. The molecule has 0 aliphatic carbocycles. The number of aryl methyl sites for hydroxylation is 1. The lowest BCUT2D eigenvalue weighted by Gasteiger charge is -2.18. The van der Waals surface area contributed by atoms with Gasteiger partial charge in [0.15, 0.2) is 5.82 Å². The Morgan fingerprint density at radius 3 is 2.48 bits per heavy atom. The molecule has 2 aromatic heterocycles. The van der Waals surface area contributed by atoms with Crippen LogP contribution in [0.5, 0.6) is 0 Å². The predicted octanol–water partition coefficient (Wildman–Crippen LogP) is 5.09. The van der Waals surface area contributed by atoms with Gasteiger partial charge in [-0.25, -0.2) is 9.67 Å². The lowest BCUT2D eigenvalue weighted by molar-refractivity contribution is -0.292. The molecule has 1 N–H and O–H groups in total. The third-order valence-electron chi connectivity index (χ3n) is 3.43. The Morgan fingerprint density at radius 1 is 1.20 bits per heavy atom. The van der Waals surface area contributed by atoms with Crippen molar-refractivity contribution in [3.05, 3.63) is 45.4 Å². The van der Waals surface area contributed by atoms with E-state index < -0.39 is 22.6 Å². The van der Waals surface area contributed by atoms with E-state index in [4.69, 9.17) is 23.8 Å². The van der Waals surface area contributed by atoms with Crippen LogP contribution in [0.3, 0.4) is 0 Å². The van der Waals surface area contributed by atoms with Crippen molar-refractivity contribution in [2.45, 2.75) is 19.0 Å². The molecule has 0 saturated carbocycles. The zero-order valence-electron chi connectivity index (χ0n) is 12.3. The van der Waals surface area contributed by atoms with Gasteiger partial charge < -0.3 is 4.98 Å². The van der Waals surface area contributed by atoms with Crippen LogP contribution in [0.1, 0.15) is 11.5 Å². The molecule has 0 fully saturated rings. The molecule has 4 nitrogen and oxygen atoms in total. The number of aromatic amines is 1. The van der Waals surface area contributed by atoms with Gasteiger partial charge in [-0.05, 0) is 25.1 Å². The summed E-state index contributed by atoms with van der Waals surface area (Å²) in [6.45, 7) is 1.54. The number of nitrogens with one attached hydrogen (secondary N) is 1. The van der Waals surface area contributed by atoms with Gasteiger partial charge in [0.1, 0.15) is 10.3 Å². The van der Waals surface area contributed by atoms with E-state index in [1.165, 1.54) is 13.0 Å². The maximum Gasteiger partial charge on any atom is 0.461 e. The van der Waals surface area contributed by atoms with Gasteiger partial charge in [0.05, 0.1) is 16.8 Å². The van der Waals surface area contributed by atoms with E-state index in [1.54, 1.807) is 18.2 Å². The van der Waals surface area contributed by atoms with Crippen LogP contribution in [-0.4, -0.2) is 25.9 Å². The van der Waals surface area contributed by atoms with Crippen LogP contribution >= 0.6 is 23.8 Å². The average Bonchev–Trinajstić information content (AvgIpc) is 2.83. The maximum absolute atomic E-state index is 13.7. The van der Waals surface area contributed by atoms with Gasteiger partial charge in [0.25, 0.3) is 0 Å². The number of aromatic nitrogens is 4. The zero-order valence-corrected chi connectivity index (χ0v) is 13.9. The number of alkyl halides is 5. The third-order valence-corrected chi connectivity index (χ3v) is 3.96. The number of benzene rings is 1. The third kappa shape index (κ3) is 2.89. The second-order valence-electron chi connectivity index (χ2n) is 5.16. The molecule has 11 heteroatoms. The first-order valence-corrected chi connectivity index (χ1v) is 7.51. The molecule has 0 aliphatic rings. The van der Waals surface area contributed by atoms with E-state index in [9.17, 15) is 22.0 Å². The summed E-state index contributed by atoms with van der Waals surface area (Å²) in [5.74, 6) is -6.78. The van der Waals surface area contributed by atoms with E-state index in [0.717, 1.165) is 4.68 Å². The van der Waals surface area contributed by atoms with Crippen molar-refractivity contribution in [1.29, 1.82) is 0 Å². The first-order chi connectivity index (χ1) is 11.5. The molecule has 25 heavy (non-hydrogen) atoms. The number of fused-ring (bicyclic) bond motifs is 1. The summed E-state index contributed by atoms with van der Waals surface area (Å²) >= 11 is 10.8. The summed E-state index contributed by atoms with van der Waals surface area (Å²) in [4.78, 5) is 5.27. The van der Waals surface area contributed by atoms with E-state index >= 15 is 0 Å². The van der Waals surface area contributed by atoms with Crippen LogP contribution in [0, 0.1) is 11.6 Å². The summed E-state index contributed by atoms with van der Waals surface area (Å²) in [6, 6.07) is 6.21. The highest BCUT2D eigenvalue weighted by molar-refractivity contribution is 7.71. The molecular formula is C14H8ClF5N4S. The summed E-state index contributed by atoms with van der Waals surface area (Å²) < 4.78 is 66.0. The molecule has 0 radical (unpaired) electrons. The number of rotatable bonds is 2. The van der Waals surface area contributed by atoms with E-state index in [0.29, 0.717) is 16.4 Å². The molecule has 3 rings (SSSR count). The van der Waals surface area contributed by atoms with Gasteiger partial charge >= 0.3 is 12.1 Å². The highest BCUT2D eigenvalue weighted by Gasteiger charge is 2.61. The molecule has 3 aromatic rings. The monoisotopic (exact) mass is 394 g/mol. The van der Waals surface area contributed by atoms with E-state index in [1.807, 2.05) is 4.98 Å². The van der Waals surface area contributed by atoms with Gasteiger partial charge in [0.2, 0.25) is 0 Å². The Morgan fingerprint density at radius 2 is 1.88 bits per heavy atom. The second kappa shape index (κ2) is 5.73. The van der Waals surface area contributed by atoms with Crippen molar-refractivity contribution < 1.29 is 22.0 Å². The van der Waals surface area contributed by atoms with Crippen LogP contribution in [0.25, 0.3) is 16.7 Å². The lowest BCUT2D eigenvalue weighted by Crippen LogP contribution is -2.35. The second-order valence-corrected chi connectivity index (χ2v) is 5.99. The van der Waals surface area contributed by atoms with Crippen molar-refractivity contribution >= 4 is 34.9 Å². The SMILES string of the molecule is Cc1nn(-c2cccc(Cl)c2)c2[nH]c(C(F)(F)C(F)(F)F)nc(=S)c12. The summed E-state index contributed by atoms with van der Waals surface area (Å²) in [7, 11) is 0. The number of H-pyrrole nitrogens is 1. The smallest absolute Gasteiger partial charge is 0.322 e. The minimum absolute atomic E-state index is 0.126. The van der Waals surface area contributed by atoms with E-state index in [2.05, 4.69) is 10.1 Å². The predicted molar refractivity (Wildman–Crippen MR) is 83.7 cm³/mol. The van der Waals surface area contributed by atoms with Crippen molar-refractivity contribution in [2.24, 2.45) is 0 Å². The topological polar surface area (TPSA) is 46.5 Å². The number of hydrogen-bond acceptors (Lipinski definition) is 3. The van der Waals surface area contributed by atoms with Crippen molar-refractivity contribution in [3.63, 3.8) is 0 Å². The summed E-state index contributed by atoms with van der Waals surface area (Å²) in [5.41, 5.74) is 0.563. The van der Waals surface area contributed by atoms with Crippen LogP contribution in [0.2, 0.25) is 5.02 Å². The number of halogens is 6. The summed E-state index contributed by atoms with van der Waals surface area (Å²) in [6.07, 6.45) is -5.82. The van der Waals surface area contributed by atoms with Crippen LogP contribution < -0.4 is 0 Å². The fourth-order valence-electron chi connectivity index (χ4n) is 2.27. The van der Waals surface area contributed by atoms with Gasteiger partial charge in [-0.2, -0.15) is 27.1 Å². The normalized spacial score (nSPS) is 12.8. The highest BCUT2D eigenvalue weighted by Crippen LogP contribution is 2.42.